The smallest absolute Gasteiger partial charge is 0.392 e. The summed E-state index contributed by atoms with van der Waals surface area (Å²) in [6, 6.07) is 1.22. The van der Waals surface area contributed by atoms with Crippen LogP contribution in [0.2, 0.25) is 0 Å². The molecule has 0 aliphatic heterocycles. The minimum Gasteiger partial charge on any atom is -0.392 e. The van der Waals surface area contributed by atoms with Gasteiger partial charge in [0, 0.05) is 0 Å². The Morgan fingerprint density at radius 1 is 0.818 bits per heavy atom. The van der Waals surface area contributed by atoms with Gasteiger partial charge in [-0.05, 0) is 23.8 Å². The average molecular weight is 330 g/mol. The number of aliphatic hydroxyl groups is 1. The Balaban J connectivity index is 0. The first-order valence-electron chi connectivity index (χ1n) is 6.71. The van der Waals surface area contributed by atoms with Crippen LogP contribution in [0.3, 0.4) is 0 Å². The number of rotatable bonds is 2. The quantitative estimate of drug-likeness (QED) is 0.681. The third kappa shape index (κ3) is 8.07. The van der Waals surface area contributed by atoms with Gasteiger partial charge in [-0.2, -0.15) is 26.3 Å². The lowest BCUT2D eigenvalue weighted by Gasteiger charge is -2.12. The van der Waals surface area contributed by atoms with Crippen molar-refractivity contribution in [3.05, 3.63) is 41.0 Å². The Morgan fingerprint density at radius 2 is 1.18 bits per heavy atom. The third-order valence-corrected chi connectivity index (χ3v) is 2.03. The van der Waals surface area contributed by atoms with Crippen LogP contribution in [0.1, 0.15) is 44.4 Å². The van der Waals surface area contributed by atoms with Crippen LogP contribution >= 0.6 is 0 Å². The van der Waals surface area contributed by atoms with Crippen molar-refractivity contribution in [2.24, 2.45) is 0 Å². The molecule has 0 aliphatic carbocycles. The van der Waals surface area contributed by atoms with E-state index in [9.17, 15) is 26.3 Å². The molecule has 128 valence electrons. The number of alkyl halides is 6. The van der Waals surface area contributed by atoms with Crippen LogP contribution in [0.15, 0.2) is 24.3 Å². The van der Waals surface area contributed by atoms with Gasteiger partial charge >= 0.3 is 12.4 Å². The van der Waals surface area contributed by atoms with Crippen molar-refractivity contribution in [3.63, 3.8) is 0 Å². The lowest BCUT2D eigenvalue weighted by Crippen LogP contribution is -2.11. The lowest BCUT2D eigenvalue weighted by atomic mass is 10.0. The second-order valence-corrected chi connectivity index (χ2v) is 3.42. The number of hydrogen-bond acceptors (Lipinski definition) is 1. The van der Waals surface area contributed by atoms with Gasteiger partial charge in [-0.15, -0.1) is 0 Å². The summed E-state index contributed by atoms with van der Waals surface area (Å²) in [7, 11) is 0. The lowest BCUT2D eigenvalue weighted by molar-refractivity contribution is -0.143. The summed E-state index contributed by atoms with van der Waals surface area (Å²) in [6.07, 6.45) is -7.67. The van der Waals surface area contributed by atoms with Crippen LogP contribution < -0.4 is 0 Å². The molecule has 0 aromatic heterocycles. The topological polar surface area (TPSA) is 20.2 Å². The Bertz CT molecular complexity index is 414. The summed E-state index contributed by atoms with van der Waals surface area (Å²) in [4.78, 5) is 0. The largest absolute Gasteiger partial charge is 0.416 e. The Kier molecular flexibility index (Phi) is 10.6. The second-order valence-electron chi connectivity index (χ2n) is 3.42. The molecule has 0 radical (unpaired) electrons. The molecule has 1 aromatic rings. The molecule has 0 saturated carbocycles. The highest BCUT2D eigenvalue weighted by Crippen LogP contribution is 2.36. The molecule has 0 atom stereocenters. The Labute approximate surface area is 126 Å². The van der Waals surface area contributed by atoms with Crippen molar-refractivity contribution in [3.8, 4) is 0 Å². The van der Waals surface area contributed by atoms with Crippen LogP contribution in [0.25, 0.3) is 6.08 Å². The molecular formula is C15H20F6O. The van der Waals surface area contributed by atoms with E-state index in [0.29, 0.717) is 12.1 Å². The maximum absolute atomic E-state index is 12.4. The normalized spacial score (nSPS) is 11.4. The van der Waals surface area contributed by atoms with E-state index in [4.69, 9.17) is 5.11 Å². The highest BCUT2D eigenvalue weighted by atomic mass is 19.4. The first kappa shape index (κ1) is 22.8. The van der Waals surface area contributed by atoms with Crippen LogP contribution in [0, 0.1) is 0 Å². The molecule has 0 saturated heterocycles. The van der Waals surface area contributed by atoms with Gasteiger partial charge in [-0.1, -0.05) is 39.8 Å². The van der Waals surface area contributed by atoms with E-state index in [0.717, 1.165) is 12.2 Å². The van der Waals surface area contributed by atoms with Gasteiger partial charge in [0.1, 0.15) is 0 Å². The van der Waals surface area contributed by atoms with Gasteiger partial charge < -0.3 is 5.11 Å². The molecule has 0 spiro atoms. The zero-order chi connectivity index (χ0) is 18.0. The third-order valence-electron chi connectivity index (χ3n) is 2.03. The van der Waals surface area contributed by atoms with E-state index >= 15 is 0 Å². The van der Waals surface area contributed by atoms with Gasteiger partial charge in [-0.3, -0.25) is 0 Å². The van der Waals surface area contributed by atoms with Gasteiger partial charge in [0.15, 0.2) is 0 Å². The molecule has 0 fully saturated rings. The summed E-state index contributed by atoms with van der Waals surface area (Å²) in [5.41, 5.74) is -3.03. The molecule has 1 N–H and O–H groups in total. The van der Waals surface area contributed by atoms with Crippen molar-refractivity contribution >= 4 is 6.08 Å². The van der Waals surface area contributed by atoms with Crippen molar-refractivity contribution < 1.29 is 31.4 Å². The minimum atomic E-state index is -4.86. The first-order valence-corrected chi connectivity index (χ1v) is 6.71. The van der Waals surface area contributed by atoms with Crippen LogP contribution in [-0.2, 0) is 12.4 Å². The molecule has 7 heteroatoms. The average Bonchev–Trinajstić information content (AvgIpc) is 2.47. The van der Waals surface area contributed by atoms with E-state index in [2.05, 4.69) is 0 Å². The van der Waals surface area contributed by atoms with Crippen molar-refractivity contribution in [1.29, 1.82) is 0 Å². The van der Waals surface area contributed by atoms with E-state index in [-0.39, 0.29) is 11.6 Å². The summed E-state index contributed by atoms with van der Waals surface area (Å²) in [6.45, 7) is 7.53. The van der Waals surface area contributed by atoms with Crippen molar-refractivity contribution in [2.75, 3.05) is 6.61 Å². The molecule has 0 unspecified atom stereocenters. The predicted molar refractivity (Wildman–Crippen MR) is 75.3 cm³/mol. The highest BCUT2D eigenvalue weighted by molar-refractivity contribution is 5.53. The molecule has 1 nitrogen and oxygen atoms in total. The van der Waals surface area contributed by atoms with E-state index in [1.54, 1.807) is 0 Å². The van der Waals surface area contributed by atoms with Crippen LogP contribution in [-0.4, -0.2) is 11.7 Å². The van der Waals surface area contributed by atoms with Crippen molar-refractivity contribution in [1.82, 2.24) is 0 Å². The molecule has 0 bridgehead atoms. The van der Waals surface area contributed by atoms with Crippen LogP contribution in [0.4, 0.5) is 26.3 Å². The maximum Gasteiger partial charge on any atom is 0.416 e. The standard InChI is InChI=1S/C11H8F6O.2C2H6/c12-10(13,14)8-4-7(2-1-3-18)5-9(6-8)11(15,16)17;2*1-2/h1-2,4-6,18H,3H2;2*1-2H3/b2-1-;;. The fourth-order valence-electron chi connectivity index (χ4n) is 1.26. The zero-order valence-electron chi connectivity index (χ0n) is 12.8. The monoisotopic (exact) mass is 330 g/mol. The summed E-state index contributed by atoms with van der Waals surface area (Å²) >= 11 is 0. The Hall–Kier alpha value is -1.50. The van der Waals surface area contributed by atoms with Crippen molar-refractivity contribution in [2.45, 2.75) is 40.0 Å². The molecule has 0 aliphatic rings. The number of halogens is 6. The molecule has 22 heavy (non-hydrogen) atoms. The fraction of sp³-hybridized carbons (Fsp3) is 0.467. The van der Waals surface area contributed by atoms with Crippen LogP contribution in [0.5, 0.6) is 0 Å². The second kappa shape index (κ2) is 10.3. The van der Waals surface area contributed by atoms with Gasteiger partial charge in [0.2, 0.25) is 0 Å². The van der Waals surface area contributed by atoms with Gasteiger partial charge in [-0.25, -0.2) is 0 Å². The number of hydrogen-bond donors (Lipinski definition) is 1. The molecule has 1 aromatic carbocycles. The number of aliphatic hydroxyl groups excluding tert-OH is 1. The SMILES string of the molecule is CC.CC.OC/C=C\c1cc(C(F)(F)F)cc(C(F)(F)F)c1. The van der Waals surface area contributed by atoms with E-state index in [1.165, 1.54) is 0 Å². The molecular weight excluding hydrogens is 310 g/mol. The summed E-state index contributed by atoms with van der Waals surface area (Å²) in [5, 5.41) is 8.45. The first-order chi connectivity index (χ1) is 10.1. The van der Waals surface area contributed by atoms with Gasteiger partial charge in [0.05, 0.1) is 17.7 Å². The molecule has 0 heterocycles. The number of benzene rings is 1. The molecule has 1 rings (SSSR count). The zero-order valence-corrected chi connectivity index (χ0v) is 12.8. The van der Waals surface area contributed by atoms with E-state index in [1.807, 2.05) is 27.7 Å². The molecule has 0 amide bonds. The maximum atomic E-state index is 12.4. The summed E-state index contributed by atoms with van der Waals surface area (Å²) < 4.78 is 74.5. The van der Waals surface area contributed by atoms with Gasteiger partial charge in [0.25, 0.3) is 0 Å². The van der Waals surface area contributed by atoms with E-state index < -0.39 is 30.1 Å². The summed E-state index contributed by atoms with van der Waals surface area (Å²) in [5.74, 6) is 0. The fourth-order valence-corrected chi connectivity index (χ4v) is 1.26. The highest BCUT2D eigenvalue weighted by Gasteiger charge is 2.36. The Morgan fingerprint density at radius 3 is 1.45 bits per heavy atom. The predicted octanol–water partition coefficient (Wildman–Crippen LogP) is 5.78. The minimum absolute atomic E-state index is 0.0519.